The maximum atomic E-state index is 13.0. The quantitative estimate of drug-likeness (QED) is 0.652. The molecule has 1 fully saturated rings. The maximum Gasteiger partial charge on any atom is 0.254 e. The largest absolute Gasteiger partial charge is 0.493 e. The van der Waals surface area contributed by atoms with Crippen molar-refractivity contribution >= 4 is 23.4 Å². The number of piperazine rings is 1. The van der Waals surface area contributed by atoms with Crippen LogP contribution >= 0.6 is 11.6 Å². The molecule has 8 heteroatoms. The molecule has 0 spiro atoms. The summed E-state index contributed by atoms with van der Waals surface area (Å²) >= 11 is 5.90. The third-order valence-electron chi connectivity index (χ3n) is 5.37. The van der Waals surface area contributed by atoms with E-state index in [2.05, 4.69) is 0 Å². The first-order chi connectivity index (χ1) is 15.0. The highest BCUT2D eigenvalue weighted by Crippen LogP contribution is 2.38. The van der Waals surface area contributed by atoms with E-state index in [0.717, 1.165) is 5.56 Å². The molecule has 7 nitrogen and oxygen atoms in total. The van der Waals surface area contributed by atoms with Crippen molar-refractivity contribution in [2.45, 2.75) is 12.8 Å². The highest BCUT2D eigenvalue weighted by molar-refractivity contribution is 6.30. The van der Waals surface area contributed by atoms with Gasteiger partial charge in [-0.25, -0.2) is 0 Å². The lowest BCUT2D eigenvalue weighted by molar-refractivity contribution is -0.132. The molecule has 0 N–H and O–H groups in total. The maximum absolute atomic E-state index is 13.0. The van der Waals surface area contributed by atoms with E-state index in [1.54, 1.807) is 17.0 Å². The fourth-order valence-electron chi connectivity index (χ4n) is 3.61. The zero-order valence-corrected chi connectivity index (χ0v) is 18.8. The Hall–Kier alpha value is -2.93. The first-order valence-corrected chi connectivity index (χ1v) is 10.5. The summed E-state index contributed by atoms with van der Waals surface area (Å²) in [7, 11) is 4.55. The summed E-state index contributed by atoms with van der Waals surface area (Å²) in [6, 6.07) is 10.8. The van der Waals surface area contributed by atoms with Gasteiger partial charge in [-0.15, -0.1) is 0 Å². The normalized spacial score (nSPS) is 13.7. The Labute approximate surface area is 187 Å². The molecule has 2 amide bonds. The van der Waals surface area contributed by atoms with E-state index in [-0.39, 0.29) is 11.8 Å². The number of halogens is 1. The number of benzene rings is 2. The van der Waals surface area contributed by atoms with Gasteiger partial charge in [0, 0.05) is 43.2 Å². The van der Waals surface area contributed by atoms with Gasteiger partial charge in [-0.3, -0.25) is 9.59 Å². The van der Waals surface area contributed by atoms with Gasteiger partial charge in [0.25, 0.3) is 5.91 Å². The van der Waals surface area contributed by atoms with E-state index in [4.69, 9.17) is 25.8 Å². The van der Waals surface area contributed by atoms with E-state index < -0.39 is 0 Å². The molecule has 0 aliphatic carbocycles. The molecule has 2 aromatic rings. The van der Waals surface area contributed by atoms with Crippen LogP contribution in [0.5, 0.6) is 17.2 Å². The van der Waals surface area contributed by atoms with E-state index in [9.17, 15) is 9.59 Å². The average Bonchev–Trinajstić information content (AvgIpc) is 2.82. The summed E-state index contributed by atoms with van der Waals surface area (Å²) in [6.07, 6.45) is 1.10. The molecular formula is C23H27ClN2O5. The Morgan fingerprint density at radius 2 is 1.42 bits per heavy atom. The lowest BCUT2D eigenvalue weighted by Gasteiger charge is -2.35. The summed E-state index contributed by atoms with van der Waals surface area (Å²) in [5.74, 6) is 1.27. The van der Waals surface area contributed by atoms with E-state index in [1.807, 2.05) is 29.2 Å². The lowest BCUT2D eigenvalue weighted by Crippen LogP contribution is -2.50. The first kappa shape index (κ1) is 22.7. The fraction of sp³-hybridized carbons (Fsp3) is 0.391. The Kier molecular flexibility index (Phi) is 7.63. The van der Waals surface area contributed by atoms with Crippen LogP contribution in [0.4, 0.5) is 0 Å². The molecule has 0 saturated carbocycles. The van der Waals surface area contributed by atoms with Crippen molar-refractivity contribution in [3.8, 4) is 17.2 Å². The highest BCUT2D eigenvalue weighted by Gasteiger charge is 2.26. The van der Waals surface area contributed by atoms with Gasteiger partial charge in [-0.1, -0.05) is 23.7 Å². The number of methoxy groups -OCH3 is 3. The predicted molar refractivity (Wildman–Crippen MR) is 118 cm³/mol. The van der Waals surface area contributed by atoms with Crippen molar-refractivity contribution in [3.05, 3.63) is 52.5 Å². The number of aryl methyl sites for hydroxylation is 1. The second-order valence-corrected chi connectivity index (χ2v) is 7.65. The number of ether oxygens (including phenoxy) is 3. The summed E-state index contributed by atoms with van der Waals surface area (Å²) in [4.78, 5) is 29.1. The highest BCUT2D eigenvalue weighted by atomic mass is 35.5. The summed E-state index contributed by atoms with van der Waals surface area (Å²) in [6.45, 7) is 1.97. The van der Waals surface area contributed by atoms with Crippen molar-refractivity contribution in [1.82, 2.24) is 9.80 Å². The van der Waals surface area contributed by atoms with Gasteiger partial charge in [0.1, 0.15) is 0 Å². The molecule has 1 saturated heterocycles. The Balaban J connectivity index is 1.58. The van der Waals surface area contributed by atoms with Crippen LogP contribution in [0.15, 0.2) is 36.4 Å². The minimum atomic E-state index is -0.132. The van der Waals surface area contributed by atoms with Crippen LogP contribution in [-0.2, 0) is 11.2 Å². The van der Waals surface area contributed by atoms with E-state index in [1.165, 1.54) is 21.3 Å². The van der Waals surface area contributed by atoms with Crippen molar-refractivity contribution < 1.29 is 23.8 Å². The smallest absolute Gasteiger partial charge is 0.254 e. The van der Waals surface area contributed by atoms with E-state index >= 15 is 0 Å². The number of carbonyl (C=O) groups excluding carboxylic acids is 2. The molecule has 1 heterocycles. The number of hydrogen-bond acceptors (Lipinski definition) is 5. The molecule has 3 rings (SSSR count). The number of rotatable bonds is 7. The van der Waals surface area contributed by atoms with Gasteiger partial charge in [0.05, 0.1) is 21.3 Å². The van der Waals surface area contributed by atoms with Gasteiger partial charge >= 0.3 is 0 Å². The van der Waals surface area contributed by atoms with Crippen molar-refractivity contribution in [3.63, 3.8) is 0 Å². The summed E-state index contributed by atoms with van der Waals surface area (Å²) < 4.78 is 16.0. The molecule has 0 unspecified atom stereocenters. The van der Waals surface area contributed by atoms with Crippen LogP contribution < -0.4 is 14.2 Å². The van der Waals surface area contributed by atoms with Gasteiger partial charge in [0.2, 0.25) is 11.7 Å². The van der Waals surface area contributed by atoms with Crippen LogP contribution in [0.25, 0.3) is 0 Å². The fourth-order valence-corrected chi connectivity index (χ4v) is 3.73. The minimum absolute atomic E-state index is 0.0924. The standard InChI is InChI=1S/C23H27ClN2O5/c1-29-19-14-17(15-20(30-2)22(19)31-3)23(28)26-12-10-25(11-13-26)21(27)9-6-16-4-7-18(24)8-5-16/h4-5,7-8,14-15H,6,9-13H2,1-3H3. The zero-order chi connectivity index (χ0) is 22.4. The van der Waals surface area contributed by atoms with Crippen LogP contribution in [0.3, 0.4) is 0 Å². The number of hydrogen-bond donors (Lipinski definition) is 0. The molecule has 1 aliphatic rings. The number of carbonyl (C=O) groups is 2. The van der Waals surface area contributed by atoms with Crippen LogP contribution in [0, 0.1) is 0 Å². The Morgan fingerprint density at radius 1 is 0.871 bits per heavy atom. The molecule has 1 aliphatic heterocycles. The third-order valence-corrected chi connectivity index (χ3v) is 5.62. The number of amides is 2. The van der Waals surface area contributed by atoms with Gasteiger partial charge in [0.15, 0.2) is 11.5 Å². The topological polar surface area (TPSA) is 68.3 Å². The molecule has 166 valence electrons. The molecule has 0 bridgehead atoms. The Bertz CT molecular complexity index is 899. The summed E-state index contributed by atoms with van der Waals surface area (Å²) in [5.41, 5.74) is 1.53. The second-order valence-electron chi connectivity index (χ2n) is 7.21. The monoisotopic (exact) mass is 446 g/mol. The third kappa shape index (κ3) is 5.41. The molecule has 2 aromatic carbocycles. The van der Waals surface area contributed by atoms with Crippen molar-refractivity contribution in [1.29, 1.82) is 0 Å². The van der Waals surface area contributed by atoms with Crippen LogP contribution in [-0.4, -0.2) is 69.1 Å². The lowest BCUT2D eigenvalue weighted by atomic mass is 10.1. The molecule has 0 aromatic heterocycles. The van der Waals surface area contributed by atoms with Gasteiger partial charge < -0.3 is 24.0 Å². The van der Waals surface area contributed by atoms with Crippen molar-refractivity contribution in [2.75, 3.05) is 47.5 Å². The Morgan fingerprint density at radius 3 is 1.94 bits per heavy atom. The average molecular weight is 447 g/mol. The van der Waals surface area contributed by atoms with Crippen molar-refractivity contribution in [2.24, 2.45) is 0 Å². The number of nitrogens with zero attached hydrogens (tertiary/aromatic N) is 2. The summed E-state index contributed by atoms with van der Waals surface area (Å²) in [5, 5.41) is 0.683. The van der Waals surface area contributed by atoms with Crippen LogP contribution in [0.1, 0.15) is 22.3 Å². The predicted octanol–water partition coefficient (Wildman–Crippen LogP) is 3.28. The zero-order valence-electron chi connectivity index (χ0n) is 18.0. The SMILES string of the molecule is COc1cc(C(=O)N2CCN(C(=O)CCc3ccc(Cl)cc3)CC2)cc(OC)c1OC. The van der Waals surface area contributed by atoms with E-state index in [0.29, 0.717) is 66.9 Å². The first-order valence-electron chi connectivity index (χ1n) is 10.1. The molecule has 0 atom stereocenters. The van der Waals surface area contributed by atoms with Gasteiger partial charge in [-0.2, -0.15) is 0 Å². The molecule has 0 radical (unpaired) electrons. The minimum Gasteiger partial charge on any atom is -0.493 e. The second kappa shape index (κ2) is 10.4. The van der Waals surface area contributed by atoms with Crippen LogP contribution in [0.2, 0.25) is 5.02 Å². The molecule has 31 heavy (non-hydrogen) atoms. The van der Waals surface area contributed by atoms with Gasteiger partial charge in [-0.05, 0) is 36.2 Å². The molecular weight excluding hydrogens is 420 g/mol.